The minimum absolute atomic E-state index is 0.232. The molecule has 0 radical (unpaired) electrons. The van der Waals surface area contributed by atoms with E-state index in [1.54, 1.807) is 17.0 Å². The first-order valence-corrected chi connectivity index (χ1v) is 8.67. The molecule has 1 N–H and O–H groups in total. The molecule has 0 bridgehead atoms. The Labute approximate surface area is 154 Å². The van der Waals surface area contributed by atoms with Crippen LogP contribution in [0.3, 0.4) is 0 Å². The molecule has 4 nitrogen and oxygen atoms in total. The molecule has 1 unspecified atom stereocenters. The van der Waals surface area contributed by atoms with E-state index in [1.165, 1.54) is 17.0 Å². The molecule has 1 aliphatic carbocycles. The number of halogens is 2. The van der Waals surface area contributed by atoms with Gasteiger partial charge in [0.1, 0.15) is 5.69 Å². The lowest BCUT2D eigenvalue weighted by Crippen LogP contribution is -2.36. The van der Waals surface area contributed by atoms with Gasteiger partial charge in [0.2, 0.25) is 5.95 Å². The molecular formula is C21H15F2N3O. The number of nitrogens with zero attached hydrogens (tertiary/aromatic N) is 3. The van der Waals surface area contributed by atoms with E-state index >= 15 is 0 Å². The lowest BCUT2D eigenvalue weighted by Gasteiger charge is -2.24. The van der Waals surface area contributed by atoms with Gasteiger partial charge in [-0.15, -0.1) is 0 Å². The zero-order chi connectivity index (χ0) is 18.6. The second kappa shape index (κ2) is 5.66. The predicted octanol–water partition coefficient (Wildman–Crippen LogP) is 3.52. The van der Waals surface area contributed by atoms with Crippen LogP contribution >= 0.6 is 0 Å². The maximum Gasteiger partial charge on any atom is 0.213 e. The molecule has 2 aromatic carbocycles. The Morgan fingerprint density at radius 2 is 1.70 bits per heavy atom. The Bertz CT molecular complexity index is 1070. The van der Waals surface area contributed by atoms with E-state index in [9.17, 15) is 13.9 Å². The molecule has 2 aliphatic rings. The molecule has 1 spiro atoms. The maximum atomic E-state index is 14.8. The highest BCUT2D eigenvalue weighted by Crippen LogP contribution is 2.56. The topological polar surface area (TPSA) is 41.3 Å². The Morgan fingerprint density at radius 1 is 1.04 bits per heavy atom. The highest BCUT2D eigenvalue weighted by Gasteiger charge is 2.60. The molecule has 1 aromatic heterocycles. The van der Waals surface area contributed by atoms with Crippen LogP contribution in [0.15, 0.2) is 54.9 Å². The Kier molecular flexibility index (Phi) is 3.36. The van der Waals surface area contributed by atoms with Crippen molar-refractivity contribution in [2.75, 3.05) is 4.90 Å². The highest BCUT2D eigenvalue weighted by molar-refractivity contribution is 5.65. The summed E-state index contributed by atoms with van der Waals surface area (Å²) in [5.41, 5.74) is 0.158. The van der Waals surface area contributed by atoms with Gasteiger partial charge in [-0.3, -0.25) is 4.90 Å². The molecule has 3 aromatic rings. The Morgan fingerprint density at radius 3 is 2.37 bits per heavy atom. The fourth-order valence-corrected chi connectivity index (χ4v) is 3.68. The monoisotopic (exact) mass is 363 g/mol. The number of aliphatic hydroxyl groups excluding tert-OH is 1. The van der Waals surface area contributed by atoms with Gasteiger partial charge >= 0.3 is 0 Å². The Balaban J connectivity index is 1.55. The average molecular weight is 363 g/mol. The van der Waals surface area contributed by atoms with Crippen LogP contribution in [0.1, 0.15) is 24.0 Å². The van der Waals surface area contributed by atoms with Gasteiger partial charge in [0.05, 0.1) is 5.54 Å². The Hall–Kier alpha value is -3.17. The van der Waals surface area contributed by atoms with Gasteiger partial charge in [-0.05, 0) is 37.1 Å². The first-order chi connectivity index (χ1) is 13.1. The van der Waals surface area contributed by atoms with Crippen molar-refractivity contribution < 1.29 is 13.9 Å². The number of rotatable bonds is 1. The minimum Gasteiger partial charge on any atom is -0.371 e. The second-order valence-electron chi connectivity index (χ2n) is 6.85. The van der Waals surface area contributed by atoms with Crippen LogP contribution in [0.2, 0.25) is 0 Å². The molecule has 2 heterocycles. The third-order valence-electron chi connectivity index (χ3n) is 5.19. The normalized spacial score (nSPS) is 18.9. The fraction of sp³-hybridized carbons (Fsp3) is 0.190. The number of anilines is 2. The molecular weight excluding hydrogens is 348 g/mol. The summed E-state index contributed by atoms with van der Waals surface area (Å²) in [5.74, 6) is 4.46. The predicted molar refractivity (Wildman–Crippen MR) is 96.4 cm³/mol. The van der Waals surface area contributed by atoms with Crippen molar-refractivity contribution in [2.45, 2.75) is 24.6 Å². The van der Waals surface area contributed by atoms with Gasteiger partial charge in [-0.1, -0.05) is 30.0 Å². The quantitative estimate of drug-likeness (QED) is 0.673. The van der Waals surface area contributed by atoms with E-state index in [0.717, 1.165) is 18.4 Å². The van der Waals surface area contributed by atoms with Gasteiger partial charge in [0.15, 0.2) is 17.9 Å². The largest absolute Gasteiger partial charge is 0.371 e. The van der Waals surface area contributed by atoms with Crippen molar-refractivity contribution in [2.24, 2.45) is 0 Å². The van der Waals surface area contributed by atoms with E-state index < -0.39 is 23.4 Å². The van der Waals surface area contributed by atoms with Crippen molar-refractivity contribution in [3.63, 3.8) is 0 Å². The maximum absolute atomic E-state index is 14.8. The summed E-state index contributed by atoms with van der Waals surface area (Å²) in [5, 5.41) is 10.7. The first-order valence-electron chi connectivity index (χ1n) is 8.67. The average Bonchev–Trinajstić information content (AvgIpc) is 3.28. The van der Waals surface area contributed by atoms with E-state index in [0.29, 0.717) is 5.95 Å². The van der Waals surface area contributed by atoms with Crippen molar-refractivity contribution in [1.82, 2.24) is 9.55 Å². The number of imidazole rings is 1. The summed E-state index contributed by atoms with van der Waals surface area (Å²) in [4.78, 5) is 5.43. The van der Waals surface area contributed by atoms with Crippen LogP contribution < -0.4 is 4.90 Å². The molecule has 5 rings (SSSR count). The van der Waals surface area contributed by atoms with Gasteiger partial charge in [-0.25, -0.2) is 13.8 Å². The summed E-state index contributed by atoms with van der Waals surface area (Å²) in [6, 6.07) is 11.6. The lowest BCUT2D eigenvalue weighted by molar-refractivity contribution is 0.124. The fourth-order valence-electron chi connectivity index (χ4n) is 3.68. The zero-order valence-corrected chi connectivity index (χ0v) is 14.2. The van der Waals surface area contributed by atoms with Crippen LogP contribution in [0.4, 0.5) is 20.4 Å². The van der Waals surface area contributed by atoms with Crippen molar-refractivity contribution in [3.8, 4) is 11.8 Å². The third kappa shape index (κ3) is 2.36. The van der Waals surface area contributed by atoms with Gasteiger partial charge in [0.25, 0.3) is 0 Å². The SMILES string of the molecule is OC1N(c2c(F)cc(C#Cc3ccccc3)cc2F)c2nccn2C12CC2. The molecule has 27 heavy (non-hydrogen) atoms. The minimum atomic E-state index is -1.05. The second-order valence-corrected chi connectivity index (χ2v) is 6.85. The highest BCUT2D eigenvalue weighted by atomic mass is 19.1. The smallest absolute Gasteiger partial charge is 0.213 e. The summed E-state index contributed by atoms with van der Waals surface area (Å²) >= 11 is 0. The summed E-state index contributed by atoms with van der Waals surface area (Å²) in [6.07, 6.45) is 3.76. The van der Waals surface area contributed by atoms with Crippen molar-refractivity contribution in [3.05, 3.63) is 77.6 Å². The molecule has 1 saturated carbocycles. The molecule has 0 amide bonds. The number of hydrogen-bond donors (Lipinski definition) is 1. The van der Waals surface area contributed by atoms with Gasteiger partial charge in [-0.2, -0.15) is 0 Å². The number of aromatic nitrogens is 2. The number of fused-ring (bicyclic) bond motifs is 2. The van der Waals surface area contributed by atoms with Crippen LogP contribution in [-0.4, -0.2) is 20.9 Å². The van der Waals surface area contributed by atoms with Gasteiger partial charge in [0, 0.05) is 23.5 Å². The first kappa shape index (κ1) is 16.0. The van der Waals surface area contributed by atoms with Crippen molar-refractivity contribution in [1.29, 1.82) is 0 Å². The lowest BCUT2D eigenvalue weighted by atomic mass is 10.1. The standard InChI is InChI=1S/C21H15F2N3O/c22-16-12-15(7-6-14-4-2-1-3-5-14)13-17(23)18(16)26-19(27)21(8-9-21)25-11-10-24-20(25)26/h1-5,10-13,19,27H,8-9H2. The summed E-state index contributed by atoms with van der Waals surface area (Å²) in [7, 11) is 0. The molecule has 1 aliphatic heterocycles. The molecule has 134 valence electrons. The number of hydrogen-bond acceptors (Lipinski definition) is 3. The van der Waals surface area contributed by atoms with Crippen LogP contribution in [0, 0.1) is 23.5 Å². The third-order valence-corrected chi connectivity index (χ3v) is 5.19. The number of aliphatic hydroxyl groups is 1. The summed E-state index contributed by atoms with van der Waals surface area (Å²) < 4.78 is 31.5. The van der Waals surface area contributed by atoms with Crippen LogP contribution in [0.5, 0.6) is 0 Å². The molecule has 6 heteroatoms. The molecule has 1 fully saturated rings. The number of benzene rings is 2. The van der Waals surface area contributed by atoms with E-state index in [2.05, 4.69) is 16.8 Å². The summed E-state index contributed by atoms with van der Waals surface area (Å²) in [6.45, 7) is 0. The van der Waals surface area contributed by atoms with E-state index in [1.807, 2.05) is 30.3 Å². The van der Waals surface area contributed by atoms with Crippen LogP contribution in [-0.2, 0) is 5.54 Å². The van der Waals surface area contributed by atoms with E-state index in [4.69, 9.17) is 0 Å². The molecule has 1 atom stereocenters. The van der Waals surface area contributed by atoms with Crippen molar-refractivity contribution >= 4 is 11.6 Å². The molecule has 0 saturated heterocycles. The van der Waals surface area contributed by atoms with E-state index in [-0.39, 0.29) is 11.3 Å². The zero-order valence-electron chi connectivity index (χ0n) is 14.2. The van der Waals surface area contributed by atoms with Gasteiger partial charge < -0.3 is 9.67 Å². The van der Waals surface area contributed by atoms with Crippen LogP contribution in [0.25, 0.3) is 0 Å².